The molecule has 0 aromatic heterocycles. The van der Waals surface area contributed by atoms with Gasteiger partial charge in [0.05, 0.1) is 16.4 Å². The fourth-order valence-corrected chi connectivity index (χ4v) is 3.56. The molecular weight excluding hydrogens is 268 g/mol. The normalized spacial score (nSPS) is 13.2. The van der Waals surface area contributed by atoms with Gasteiger partial charge in [-0.15, -0.1) is 0 Å². The van der Waals surface area contributed by atoms with Gasteiger partial charge in [-0.2, -0.15) is 0 Å². The smallest absolute Gasteiger partial charge is 0.272 e. The van der Waals surface area contributed by atoms with Gasteiger partial charge in [0.1, 0.15) is 0 Å². The van der Waals surface area contributed by atoms with Crippen LogP contribution in [-0.2, 0) is 15.6 Å². The summed E-state index contributed by atoms with van der Waals surface area (Å²) in [5, 5.41) is 10.8. The minimum atomic E-state index is -3.36. The van der Waals surface area contributed by atoms with Crippen LogP contribution in [0.15, 0.2) is 18.2 Å². The van der Waals surface area contributed by atoms with Gasteiger partial charge in [0, 0.05) is 17.7 Å². The average Bonchev–Trinajstić information content (AvgIpc) is 2.30. The molecule has 0 fully saturated rings. The molecule has 0 saturated heterocycles. The molecule has 1 unspecified atom stereocenters. The molecule has 0 aliphatic heterocycles. The van der Waals surface area contributed by atoms with Gasteiger partial charge in [0.15, 0.2) is 9.84 Å². The lowest BCUT2D eigenvalue weighted by molar-refractivity contribution is -0.385. The van der Waals surface area contributed by atoms with Crippen LogP contribution in [0.25, 0.3) is 0 Å². The van der Waals surface area contributed by atoms with Gasteiger partial charge in [0.25, 0.3) is 5.69 Å². The molecule has 19 heavy (non-hydrogen) atoms. The quantitative estimate of drug-likeness (QED) is 0.631. The number of sulfone groups is 1. The first-order valence-electron chi connectivity index (χ1n) is 5.95. The SMILES string of the molecule is CCC(N)CS(=O)(=O)Cc1cccc([N+](=O)[O-])c1C. The van der Waals surface area contributed by atoms with E-state index in [-0.39, 0.29) is 17.2 Å². The molecule has 6 nitrogen and oxygen atoms in total. The van der Waals surface area contributed by atoms with Crippen molar-refractivity contribution in [2.45, 2.75) is 32.1 Å². The molecule has 0 amide bonds. The Balaban J connectivity index is 3.00. The van der Waals surface area contributed by atoms with Crippen LogP contribution in [0.4, 0.5) is 5.69 Å². The van der Waals surface area contributed by atoms with Crippen LogP contribution in [0.2, 0.25) is 0 Å². The Morgan fingerprint density at radius 1 is 1.42 bits per heavy atom. The summed E-state index contributed by atoms with van der Waals surface area (Å²) >= 11 is 0. The van der Waals surface area contributed by atoms with Gasteiger partial charge in [-0.05, 0) is 18.9 Å². The molecule has 1 aromatic rings. The fraction of sp³-hybridized carbons (Fsp3) is 0.500. The second-order valence-electron chi connectivity index (χ2n) is 4.54. The van der Waals surface area contributed by atoms with Crippen molar-refractivity contribution < 1.29 is 13.3 Å². The first kappa shape index (κ1) is 15.6. The molecule has 1 atom stereocenters. The van der Waals surface area contributed by atoms with Gasteiger partial charge in [-0.25, -0.2) is 8.42 Å². The monoisotopic (exact) mass is 286 g/mol. The van der Waals surface area contributed by atoms with Crippen molar-refractivity contribution in [3.8, 4) is 0 Å². The van der Waals surface area contributed by atoms with Crippen LogP contribution in [0.5, 0.6) is 0 Å². The Kier molecular flexibility index (Phi) is 5.02. The van der Waals surface area contributed by atoms with Crippen molar-refractivity contribution in [2.75, 3.05) is 5.75 Å². The molecule has 1 rings (SSSR count). The number of benzene rings is 1. The lowest BCUT2D eigenvalue weighted by Crippen LogP contribution is -2.29. The Morgan fingerprint density at radius 3 is 2.58 bits per heavy atom. The molecule has 0 saturated carbocycles. The number of nitrogens with two attached hydrogens (primary N) is 1. The number of hydrogen-bond donors (Lipinski definition) is 1. The third kappa shape index (κ3) is 4.29. The lowest BCUT2D eigenvalue weighted by Gasteiger charge is -2.11. The molecular formula is C12H18N2O4S. The van der Waals surface area contributed by atoms with Gasteiger partial charge in [-0.3, -0.25) is 10.1 Å². The van der Waals surface area contributed by atoms with Gasteiger partial charge >= 0.3 is 0 Å². The molecule has 1 aromatic carbocycles. The van der Waals surface area contributed by atoms with E-state index in [0.717, 1.165) is 0 Å². The summed E-state index contributed by atoms with van der Waals surface area (Å²) in [5.74, 6) is -0.320. The number of nitrogens with zero attached hydrogens (tertiary/aromatic N) is 1. The summed E-state index contributed by atoms with van der Waals surface area (Å²) in [7, 11) is -3.36. The number of nitro groups is 1. The van der Waals surface area contributed by atoms with E-state index < -0.39 is 20.8 Å². The molecule has 106 valence electrons. The highest BCUT2D eigenvalue weighted by atomic mass is 32.2. The summed E-state index contributed by atoms with van der Waals surface area (Å²) in [6.07, 6.45) is 0.577. The highest BCUT2D eigenvalue weighted by Crippen LogP contribution is 2.23. The van der Waals surface area contributed by atoms with Crippen LogP contribution in [0, 0.1) is 17.0 Å². The molecule has 0 aliphatic carbocycles. The van der Waals surface area contributed by atoms with Crippen LogP contribution in [0.3, 0.4) is 0 Å². The zero-order valence-electron chi connectivity index (χ0n) is 11.0. The van der Waals surface area contributed by atoms with E-state index in [1.165, 1.54) is 12.1 Å². The second kappa shape index (κ2) is 6.12. The first-order valence-corrected chi connectivity index (χ1v) is 7.78. The summed E-state index contributed by atoms with van der Waals surface area (Å²) in [6.45, 7) is 3.38. The minimum absolute atomic E-state index is 0.0625. The third-order valence-corrected chi connectivity index (χ3v) is 4.67. The Labute approximate surface area is 112 Å². The Morgan fingerprint density at radius 2 is 2.05 bits per heavy atom. The lowest BCUT2D eigenvalue weighted by atomic mass is 10.1. The van der Waals surface area contributed by atoms with Crippen LogP contribution in [0.1, 0.15) is 24.5 Å². The molecule has 2 N–H and O–H groups in total. The molecule has 0 spiro atoms. The van der Waals surface area contributed by atoms with E-state index in [1.807, 2.05) is 6.92 Å². The summed E-state index contributed by atoms with van der Waals surface area (Å²) < 4.78 is 23.9. The maximum atomic E-state index is 12.0. The van der Waals surface area contributed by atoms with E-state index in [9.17, 15) is 18.5 Å². The highest BCUT2D eigenvalue weighted by Gasteiger charge is 2.20. The molecule has 0 bridgehead atoms. The van der Waals surface area contributed by atoms with Crippen molar-refractivity contribution in [2.24, 2.45) is 5.73 Å². The molecule has 0 heterocycles. The van der Waals surface area contributed by atoms with E-state index in [4.69, 9.17) is 5.73 Å². The largest absolute Gasteiger partial charge is 0.327 e. The van der Waals surface area contributed by atoms with E-state index in [2.05, 4.69) is 0 Å². The van der Waals surface area contributed by atoms with E-state index in [0.29, 0.717) is 17.5 Å². The van der Waals surface area contributed by atoms with Gasteiger partial charge < -0.3 is 5.73 Å². The molecule has 7 heteroatoms. The fourth-order valence-electron chi connectivity index (χ4n) is 1.76. The number of hydrogen-bond acceptors (Lipinski definition) is 5. The highest BCUT2D eigenvalue weighted by molar-refractivity contribution is 7.90. The Hall–Kier alpha value is -1.47. The molecule has 0 radical (unpaired) electrons. The average molecular weight is 286 g/mol. The zero-order valence-corrected chi connectivity index (χ0v) is 11.8. The summed E-state index contributed by atoms with van der Waals surface area (Å²) in [6, 6.07) is 4.06. The van der Waals surface area contributed by atoms with Crippen molar-refractivity contribution in [3.63, 3.8) is 0 Å². The maximum Gasteiger partial charge on any atom is 0.272 e. The van der Waals surface area contributed by atoms with Crippen molar-refractivity contribution >= 4 is 15.5 Å². The first-order chi connectivity index (χ1) is 8.76. The predicted molar refractivity (Wildman–Crippen MR) is 73.6 cm³/mol. The summed E-state index contributed by atoms with van der Waals surface area (Å²) in [5.41, 5.74) is 6.42. The van der Waals surface area contributed by atoms with Crippen LogP contribution < -0.4 is 5.73 Å². The number of nitro benzene ring substituents is 1. The van der Waals surface area contributed by atoms with E-state index >= 15 is 0 Å². The summed E-state index contributed by atoms with van der Waals surface area (Å²) in [4.78, 5) is 10.3. The van der Waals surface area contributed by atoms with E-state index in [1.54, 1.807) is 13.0 Å². The van der Waals surface area contributed by atoms with Gasteiger partial charge in [0.2, 0.25) is 0 Å². The maximum absolute atomic E-state index is 12.0. The van der Waals surface area contributed by atoms with Crippen LogP contribution >= 0.6 is 0 Å². The Bertz CT molecular complexity index is 569. The van der Waals surface area contributed by atoms with Crippen molar-refractivity contribution in [1.29, 1.82) is 0 Å². The van der Waals surface area contributed by atoms with Crippen molar-refractivity contribution in [1.82, 2.24) is 0 Å². The minimum Gasteiger partial charge on any atom is -0.327 e. The number of rotatable bonds is 6. The van der Waals surface area contributed by atoms with Crippen molar-refractivity contribution in [3.05, 3.63) is 39.4 Å². The van der Waals surface area contributed by atoms with Crippen LogP contribution in [-0.4, -0.2) is 25.1 Å². The zero-order chi connectivity index (χ0) is 14.6. The standard InChI is InChI=1S/C12H18N2O4S/c1-3-11(13)8-19(17,18)7-10-5-4-6-12(9(10)2)14(15)16/h4-6,11H,3,7-8,13H2,1-2H3. The third-order valence-electron chi connectivity index (χ3n) is 2.98. The second-order valence-corrected chi connectivity index (χ2v) is 6.65. The topological polar surface area (TPSA) is 103 Å². The predicted octanol–water partition coefficient (Wildman–Crippen LogP) is 1.56. The molecule has 0 aliphatic rings. The van der Waals surface area contributed by atoms with Gasteiger partial charge in [-0.1, -0.05) is 19.1 Å².